The van der Waals surface area contributed by atoms with E-state index in [-0.39, 0.29) is 6.15 Å². The average Bonchev–Trinajstić information content (AvgIpc) is 2.80. The minimum absolute atomic E-state index is 0. The molecule has 0 saturated heterocycles. The van der Waals surface area contributed by atoms with Crippen LogP contribution in [0.3, 0.4) is 0 Å². The molecule has 34 heavy (non-hydrogen) atoms. The second-order valence-corrected chi connectivity index (χ2v) is 7.32. The van der Waals surface area contributed by atoms with Gasteiger partial charge in [0.15, 0.2) is 17.5 Å². The fourth-order valence-electron chi connectivity index (χ4n) is 2.09. The van der Waals surface area contributed by atoms with Crippen molar-refractivity contribution in [2.45, 2.75) is 0 Å². The van der Waals surface area contributed by atoms with Gasteiger partial charge >= 0.3 is 6.08 Å². The Morgan fingerprint density at radius 3 is 1.71 bits per heavy atom. The zero-order valence-corrected chi connectivity index (χ0v) is 18.5. The maximum absolute atomic E-state index is 12.6. The molecule has 4 nitrogen and oxygen atoms in total. The lowest BCUT2D eigenvalue weighted by molar-refractivity contribution is 0.408. The summed E-state index contributed by atoms with van der Waals surface area (Å²) in [5.41, 5.74) is 0.836. The molecule has 0 radical (unpaired) electrons. The highest BCUT2D eigenvalue weighted by Gasteiger charge is 2.15. The van der Waals surface area contributed by atoms with Gasteiger partial charge in [0.25, 0.3) is 10.1 Å². The van der Waals surface area contributed by atoms with E-state index < -0.39 is 39.2 Å². The van der Waals surface area contributed by atoms with E-state index in [2.05, 4.69) is 6.58 Å². The fraction of sp³-hybridized carbons (Fsp3) is 0. The van der Waals surface area contributed by atoms with Crippen LogP contribution in [0.15, 0.2) is 96.9 Å². The molecular formula is C24H22F5NO3S. The van der Waals surface area contributed by atoms with Crippen LogP contribution in [0, 0.1) is 11.6 Å². The van der Waals surface area contributed by atoms with Gasteiger partial charge in [-0.3, -0.25) is 4.55 Å². The maximum Gasteiger partial charge on any atom is 0.306 e. The molecule has 0 fully saturated rings. The van der Waals surface area contributed by atoms with E-state index in [1.807, 2.05) is 42.5 Å². The van der Waals surface area contributed by atoms with Crippen LogP contribution in [-0.2, 0) is 10.1 Å². The van der Waals surface area contributed by atoms with E-state index in [0.29, 0.717) is 6.07 Å². The van der Waals surface area contributed by atoms with Crippen molar-refractivity contribution in [2.24, 2.45) is 0 Å². The highest BCUT2D eigenvalue weighted by atomic mass is 32.2. The van der Waals surface area contributed by atoms with E-state index in [1.54, 1.807) is 24.3 Å². The Bertz CT molecular complexity index is 1200. The summed E-state index contributed by atoms with van der Waals surface area (Å²) in [6.45, 7) is 3.63. The van der Waals surface area contributed by atoms with Crippen molar-refractivity contribution in [1.82, 2.24) is 6.15 Å². The summed E-state index contributed by atoms with van der Waals surface area (Å²) in [6.07, 6.45) is 0.486. The Balaban J connectivity index is 0.000000486. The third-order valence-electron chi connectivity index (χ3n) is 3.62. The van der Waals surface area contributed by atoms with Crippen LogP contribution < -0.4 is 6.15 Å². The lowest BCUT2D eigenvalue weighted by Crippen LogP contribution is -1.90. The van der Waals surface area contributed by atoms with Gasteiger partial charge in [-0.2, -0.15) is 17.2 Å². The first kappa shape index (κ1) is 30.4. The molecule has 3 aromatic carbocycles. The van der Waals surface area contributed by atoms with E-state index in [0.717, 1.165) is 23.1 Å². The minimum Gasteiger partial charge on any atom is -0.344 e. The number of hydrogen-bond acceptors (Lipinski definition) is 3. The summed E-state index contributed by atoms with van der Waals surface area (Å²) in [6, 6.07) is 21.3. The molecule has 0 aromatic heterocycles. The summed E-state index contributed by atoms with van der Waals surface area (Å²) in [5, 5.41) is 0.752. The van der Waals surface area contributed by atoms with Gasteiger partial charge < -0.3 is 6.15 Å². The quantitative estimate of drug-likeness (QED) is 0.287. The normalized spacial score (nSPS) is 10.1. The number of halogens is 5. The molecule has 182 valence electrons. The topological polar surface area (TPSA) is 89.4 Å². The van der Waals surface area contributed by atoms with Crippen molar-refractivity contribution < 1.29 is 34.9 Å². The van der Waals surface area contributed by atoms with Gasteiger partial charge in [-0.25, -0.2) is 13.2 Å². The SMILES string of the molecule is C=Cc1ccccc1.FC(F)=C(F)c1cccc(F)c1F.N.O=S(=O)(O)C=Cc1ccccc1. The molecule has 10 heteroatoms. The van der Waals surface area contributed by atoms with E-state index in [4.69, 9.17) is 4.55 Å². The molecule has 0 saturated carbocycles. The van der Waals surface area contributed by atoms with Crippen molar-refractivity contribution >= 4 is 28.1 Å². The van der Waals surface area contributed by atoms with Crippen LogP contribution in [0.2, 0.25) is 0 Å². The van der Waals surface area contributed by atoms with Crippen molar-refractivity contribution in [3.05, 3.63) is 125 Å². The summed E-state index contributed by atoms with van der Waals surface area (Å²) >= 11 is 0. The molecule has 0 aliphatic rings. The molecule has 3 rings (SSSR count). The molecule has 0 aliphatic heterocycles. The third-order valence-corrected chi connectivity index (χ3v) is 4.10. The van der Waals surface area contributed by atoms with Crippen molar-refractivity contribution in [3.63, 3.8) is 0 Å². The van der Waals surface area contributed by atoms with Crippen molar-refractivity contribution in [2.75, 3.05) is 0 Å². The summed E-state index contributed by atoms with van der Waals surface area (Å²) in [4.78, 5) is 0. The lowest BCUT2D eigenvalue weighted by atomic mass is 10.2. The third kappa shape index (κ3) is 11.9. The first-order valence-corrected chi connectivity index (χ1v) is 10.6. The van der Waals surface area contributed by atoms with E-state index in [1.165, 1.54) is 11.6 Å². The van der Waals surface area contributed by atoms with Crippen LogP contribution in [-0.4, -0.2) is 13.0 Å². The van der Waals surface area contributed by atoms with Crippen molar-refractivity contribution in [1.29, 1.82) is 0 Å². The molecule has 0 unspecified atom stereocenters. The highest BCUT2D eigenvalue weighted by molar-refractivity contribution is 7.88. The summed E-state index contributed by atoms with van der Waals surface area (Å²) in [5.74, 6) is -5.03. The Morgan fingerprint density at radius 2 is 1.29 bits per heavy atom. The van der Waals surface area contributed by atoms with Gasteiger partial charge in [0, 0.05) is 0 Å². The van der Waals surface area contributed by atoms with E-state index >= 15 is 0 Å². The molecule has 0 aliphatic carbocycles. The highest BCUT2D eigenvalue weighted by Crippen LogP contribution is 2.25. The zero-order valence-electron chi connectivity index (χ0n) is 17.7. The Kier molecular flexibility index (Phi) is 13.7. The number of hydrogen-bond donors (Lipinski definition) is 2. The van der Waals surface area contributed by atoms with Crippen LogP contribution in [0.4, 0.5) is 22.0 Å². The monoisotopic (exact) mass is 499 g/mol. The van der Waals surface area contributed by atoms with Crippen LogP contribution in [0.25, 0.3) is 18.0 Å². The fourth-order valence-corrected chi connectivity index (χ4v) is 2.42. The van der Waals surface area contributed by atoms with Crippen molar-refractivity contribution in [3.8, 4) is 0 Å². The molecule has 0 spiro atoms. The number of benzene rings is 3. The summed E-state index contributed by atoms with van der Waals surface area (Å²) in [7, 11) is -4.00. The Labute approximate surface area is 194 Å². The Morgan fingerprint density at radius 1 is 0.794 bits per heavy atom. The molecule has 0 heterocycles. The molecule has 4 N–H and O–H groups in total. The zero-order chi connectivity index (χ0) is 24.9. The van der Waals surface area contributed by atoms with Crippen LogP contribution >= 0.6 is 0 Å². The Hall–Kier alpha value is -3.60. The smallest absolute Gasteiger partial charge is 0.306 e. The molecule has 3 aromatic rings. The molecule has 0 bridgehead atoms. The van der Waals surface area contributed by atoms with Crippen LogP contribution in [0.5, 0.6) is 0 Å². The molecular weight excluding hydrogens is 477 g/mol. The van der Waals surface area contributed by atoms with Gasteiger partial charge in [-0.05, 0) is 29.3 Å². The number of rotatable bonds is 4. The standard InChI is InChI=1S/C8H3F5.C8H8O3S.C8H8.H3N/c9-5-3-1-2-4(6(5)10)7(11)8(12)13;9-12(10,11)7-6-8-4-2-1-3-5-8;1-2-8-6-4-3-5-7-8;/h1-3H;1-7H,(H,9,10,11);2-7H,1H2;1H3. The van der Waals surface area contributed by atoms with Gasteiger partial charge in [0.1, 0.15) is 0 Å². The average molecular weight is 500 g/mol. The maximum atomic E-state index is 12.6. The minimum atomic E-state index is -4.00. The molecule has 0 atom stereocenters. The second-order valence-electron chi connectivity index (χ2n) is 6.02. The first-order valence-electron chi connectivity index (χ1n) is 9.08. The van der Waals surface area contributed by atoms with Gasteiger partial charge in [0.05, 0.1) is 11.0 Å². The van der Waals surface area contributed by atoms with Gasteiger partial charge in [-0.1, -0.05) is 79.4 Å². The predicted octanol–water partition coefficient (Wildman–Crippen LogP) is 7.54. The second kappa shape index (κ2) is 15.3. The van der Waals surface area contributed by atoms with Crippen LogP contribution in [0.1, 0.15) is 16.7 Å². The predicted molar refractivity (Wildman–Crippen MR) is 125 cm³/mol. The lowest BCUT2D eigenvalue weighted by Gasteiger charge is -1.99. The largest absolute Gasteiger partial charge is 0.344 e. The van der Waals surface area contributed by atoms with Gasteiger partial charge in [0.2, 0.25) is 0 Å². The summed E-state index contributed by atoms with van der Waals surface area (Å²) < 4.78 is 89.6. The van der Waals surface area contributed by atoms with Gasteiger partial charge in [-0.15, -0.1) is 0 Å². The first-order chi connectivity index (χ1) is 15.5. The molecule has 0 amide bonds. The van der Waals surface area contributed by atoms with E-state index in [9.17, 15) is 30.4 Å².